The minimum Gasteiger partial charge on any atom is -0.479 e. The molecular formula is C93H150O45. The smallest absolute Gasteiger partial charge is 0.335 e. The highest BCUT2D eigenvalue weighted by atomic mass is 16.8. The summed E-state index contributed by atoms with van der Waals surface area (Å²) in [6, 6.07) is 0. The molecule has 792 valence electrons. The Morgan fingerprint density at radius 1 is 0.507 bits per heavy atom. The lowest BCUT2D eigenvalue weighted by Gasteiger charge is -2.71. The number of carbonyl (C=O) groups is 5. The van der Waals surface area contributed by atoms with Gasteiger partial charge < -0.3 is 203 Å². The maximum atomic E-state index is 16.4. The molecule has 0 bridgehead atoms. The number of aliphatic hydroxyl groups is 22. The van der Waals surface area contributed by atoms with Crippen molar-refractivity contribution in [1.29, 1.82) is 0 Å². The minimum absolute atomic E-state index is 0.00331. The lowest BCUT2D eigenvalue weighted by atomic mass is 9.33. The summed E-state index contributed by atoms with van der Waals surface area (Å²) in [6.07, 6.45) is -65.2. The number of hydrogen-bond acceptors (Lipinski definition) is 44. The van der Waals surface area contributed by atoms with Crippen LogP contribution in [0.3, 0.4) is 0 Å². The summed E-state index contributed by atoms with van der Waals surface area (Å²) in [6.45, 7) is 18.4. The topological polar surface area (TPSA) is 708 Å². The second kappa shape index (κ2) is 44.1. The summed E-state index contributed by atoms with van der Waals surface area (Å²) < 4.78 is 103. The molecule has 5 saturated carbocycles. The zero-order valence-corrected chi connectivity index (χ0v) is 80.0. The van der Waals surface area contributed by atoms with E-state index in [1.54, 1.807) is 27.7 Å². The Morgan fingerprint density at radius 3 is 1.70 bits per heavy atom. The number of aliphatic hydroxyl groups excluding tert-OH is 21. The summed E-state index contributed by atoms with van der Waals surface area (Å²) >= 11 is 0. The summed E-state index contributed by atoms with van der Waals surface area (Å²) in [7, 11) is 0. The van der Waals surface area contributed by atoms with E-state index in [9.17, 15) is 137 Å². The highest BCUT2D eigenvalue weighted by Gasteiger charge is 2.74. The van der Waals surface area contributed by atoms with E-state index in [4.69, 9.17) is 80.5 Å². The van der Waals surface area contributed by atoms with Crippen molar-refractivity contribution in [2.24, 2.45) is 62.1 Å². The van der Waals surface area contributed by atoms with Crippen molar-refractivity contribution < 1.29 is 222 Å². The molecule has 0 aromatic rings. The molecule has 45 heteroatoms. The first-order valence-corrected chi connectivity index (χ1v) is 48.7. The number of carboxylic acid groups (broad SMARTS) is 1. The highest BCUT2D eigenvalue weighted by molar-refractivity contribution is 5.80. The normalized spacial score (nSPS) is 48.7. The van der Waals surface area contributed by atoms with E-state index < -0.39 is 371 Å². The molecular weight excluding hydrogens is 1840 g/mol. The predicted octanol–water partition coefficient (Wildman–Crippen LogP) is -4.88. The Bertz CT molecular complexity index is 4100. The van der Waals surface area contributed by atoms with Gasteiger partial charge in [0, 0.05) is 12.8 Å². The SMILES string of the molecule is CC[C@H](C)[C@H](C[C@H](O)CC(=O)O[C@@H]1[C@H](O)[C@@H](O[C@@H]2O[C@@H](C)[C@H](O[C@@H]3OC[C@@H](O)[C@H](O[C@@H]4CC[C@](O)(CO)[C@H]4O)[C@H]3O)[C@@H](O)[C@H]2O)[C@H](OC(=O)[C@]23CCC(C)(C)CC2C2=CCC4[C@@]5(C)CC[C@H](O[C@@H]6OC(C(=O)O)[C@@H](O)[C@H](O[C@@H]7OC[C@@H](O)[C@H](O)[C@H]7O)[C@H]6O[C@@H]6O[C@H](CO)[C@H](O)[C@H](O)[C@H]6O)[C@@](C)(C=O)C5CC[C@@]4(C)[C@]2(C)C[C@H]3O)O[C@@H]1C)OC(=O)C[C@@H](O)C[C@H](O[C@@H]1O[C@@H](CO)[C@H](O)[C@H]1O)[C@@H](C)CC. The molecule has 0 amide bonds. The molecule has 0 aromatic heterocycles. The lowest BCUT2D eigenvalue weighted by Crippen LogP contribution is -2.69. The molecule has 7 heterocycles. The average molecular weight is 1990 g/mol. The molecule has 4 unspecified atom stereocenters. The first kappa shape index (κ1) is 111. The molecule has 45 nitrogen and oxygen atoms in total. The lowest BCUT2D eigenvalue weighted by molar-refractivity contribution is -0.391. The fraction of sp³-hybridized carbons (Fsp3) is 0.925. The van der Waals surface area contributed by atoms with E-state index in [0.717, 1.165) is 11.9 Å². The van der Waals surface area contributed by atoms with Crippen LogP contribution < -0.4 is 0 Å². The number of hydrogen-bond donors (Lipinski definition) is 23. The number of ether oxygens (including phenoxy) is 17. The van der Waals surface area contributed by atoms with Crippen LogP contribution in [0.4, 0.5) is 0 Å². The first-order valence-electron chi connectivity index (χ1n) is 48.7. The fourth-order valence-corrected chi connectivity index (χ4v) is 24.6. The van der Waals surface area contributed by atoms with Gasteiger partial charge in [0.25, 0.3) is 0 Å². The van der Waals surface area contributed by atoms with Crippen LogP contribution in [-0.4, -0.2) is 432 Å². The standard InChI is InChI=1S/C93H150O45/c1-13-37(3)48(126-56(103)27-42(99)26-49(38(4)14-2)128-82-64(111)60(107)51(32-95)129-82)25-41(98)28-57(104)132-71-40(6)125-84(75(67(71)114)136-81-66(113)62(109)70(39(5)124-81)133-80-69(116)72(46(101)34-123-80)127-47-17-22-92(121,36-97)77(47)117)138-86(120)93-24-23-87(7,8)29-44(93)43-15-16-53-88(9)20-19-55(89(10,35-96)52(88)18-21-90(53,11)91(43,12)30-54(93)102)131-85-76(137-83-65(112)61(108)59(106)50(31-94)130-83)73(68(115)74(135-85)78(118)119)134-79-63(110)58(105)45(100)33-122-79/h15,35,37-42,44-55,58-77,79-85,94-95,97-102,105-117,121H,13-14,16-34,36H2,1-12H3,(H,118,119)/t37-,38-,39-,40+,41-,42-,44?,45+,46+,47+,48-,49-,50+,51-,52?,53?,54+,55-,58-,59-,60-,61-,62-,63+,64+,65+,66+,67-,68-,69+,70-,71-,72-,73-,74?,75+,76+,77-,79-,80-,81-,82+,83-,84-,85+,88-,89-,90+,91+,92-,93+/m0/s1. The molecule has 0 spiro atoms. The molecule has 7 saturated heterocycles. The Hall–Kier alpha value is -4.15. The van der Waals surface area contributed by atoms with E-state index >= 15 is 4.79 Å². The highest BCUT2D eigenvalue weighted by Crippen LogP contribution is 2.76. The van der Waals surface area contributed by atoms with E-state index in [-0.39, 0.29) is 56.8 Å². The summed E-state index contributed by atoms with van der Waals surface area (Å²) in [4.78, 5) is 72.1. The summed E-state index contributed by atoms with van der Waals surface area (Å²) in [5, 5.41) is 257. The van der Waals surface area contributed by atoms with Crippen LogP contribution in [0.25, 0.3) is 0 Å². The van der Waals surface area contributed by atoms with Gasteiger partial charge in [0.1, 0.15) is 152 Å². The monoisotopic (exact) mass is 1990 g/mol. The maximum Gasteiger partial charge on any atom is 0.335 e. The van der Waals surface area contributed by atoms with Crippen LogP contribution in [-0.2, 0) is 104 Å². The van der Waals surface area contributed by atoms with Gasteiger partial charge in [0.2, 0.25) is 6.29 Å². The third kappa shape index (κ3) is 21.4. The van der Waals surface area contributed by atoms with Crippen molar-refractivity contribution in [3.05, 3.63) is 11.6 Å². The van der Waals surface area contributed by atoms with Crippen LogP contribution in [0.5, 0.6) is 0 Å². The second-order valence-corrected chi connectivity index (χ2v) is 43.0. The minimum atomic E-state index is -2.26. The van der Waals surface area contributed by atoms with Gasteiger partial charge in [-0.25, -0.2) is 4.79 Å². The van der Waals surface area contributed by atoms with Gasteiger partial charge in [-0.15, -0.1) is 0 Å². The van der Waals surface area contributed by atoms with Gasteiger partial charge in [0.15, 0.2) is 56.1 Å². The molecule has 13 aliphatic rings. The van der Waals surface area contributed by atoms with Crippen LogP contribution in [0, 0.1) is 62.1 Å². The molecule has 7 aliphatic heterocycles. The van der Waals surface area contributed by atoms with Crippen molar-refractivity contribution in [2.45, 2.75) is 443 Å². The predicted molar refractivity (Wildman–Crippen MR) is 461 cm³/mol. The number of esters is 3. The Labute approximate surface area is 799 Å². The quantitative estimate of drug-likeness (QED) is 0.00930. The number of rotatable bonds is 35. The van der Waals surface area contributed by atoms with Gasteiger partial charge >= 0.3 is 23.9 Å². The van der Waals surface area contributed by atoms with Crippen molar-refractivity contribution in [2.75, 3.05) is 33.0 Å². The number of carbonyl (C=O) groups excluding carboxylic acids is 4. The Kier molecular flexibility index (Phi) is 35.5. The summed E-state index contributed by atoms with van der Waals surface area (Å²) in [5.74, 6) is -7.21. The first-order chi connectivity index (χ1) is 64.8. The van der Waals surface area contributed by atoms with Crippen LogP contribution in [0.2, 0.25) is 0 Å². The zero-order valence-electron chi connectivity index (χ0n) is 80.0. The second-order valence-electron chi connectivity index (χ2n) is 43.0. The van der Waals surface area contributed by atoms with Crippen molar-refractivity contribution >= 4 is 30.2 Å². The molecule has 6 aliphatic carbocycles. The van der Waals surface area contributed by atoms with Gasteiger partial charge in [-0.2, -0.15) is 0 Å². The fourth-order valence-electron chi connectivity index (χ4n) is 24.6. The third-order valence-corrected chi connectivity index (χ3v) is 33.8. The molecule has 51 atom stereocenters. The van der Waals surface area contributed by atoms with Gasteiger partial charge in [-0.05, 0) is 136 Å². The zero-order chi connectivity index (χ0) is 101. The number of fused-ring (bicyclic) bond motifs is 7. The van der Waals surface area contributed by atoms with Crippen LogP contribution >= 0.6 is 0 Å². The van der Waals surface area contributed by atoms with Gasteiger partial charge in [-0.3, -0.25) is 14.4 Å². The van der Waals surface area contributed by atoms with Crippen molar-refractivity contribution in [1.82, 2.24) is 0 Å². The molecule has 13 rings (SSSR count). The van der Waals surface area contributed by atoms with Crippen molar-refractivity contribution in [3.8, 4) is 0 Å². The third-order valence-electron chi connectivity index (χ3n) is 33.8. The average Bonchev–Trinajstić information content (AvgIpc) is 0.707. The molecule has 23 N–H and O–H groups in total. The molecule has 138 heavy (non-hydrogen) atoms. The largest absolute Gasteiger partial charge is 0.479 e. The van der Waals surface area contributed by atoms with E-state index in [0.29, 0.717) is 51.4 Å². The number of aldehydes is 1. The number of allylic oxidation sites excluding steroid dienone is 2. The Morgan fingerprint density at radius 2 is 1.07 bits per heavy atom. The molecule has 0 aromatic carbocycles. The van der Waals surface area contributed by atoms with E-state index in [1.807, 2.05) is 20.8 Å². The van der Waals surface area contributed by atoms with Crippen molar-refractivity contribution in [3.63, 3.8) is 0 Å². The van der Waals surface area contributed by atoms with Crippen LogP contribution in [0.15, 0.2) is 11.6 Å². The van der Waals surface area contributed by atoms with Gasteiger partial charge in [0.05, 0.1) is 100 Å². The van der Waals surface area contributed by atoms with E-state index in [2.05, 4.69) is 26.8 Å². The van der Waals surface area contributed by atoms with Gasteiger partial charge in [-0.1, -0.05) is 93.7 Å². The number of carboxylic acids is 1. The van der Waals surface area contributed by atoms with E-state index in [1.165, 1.54) is 13.8 Å². The number of aliphatic carboxylic acids is 1. The summed E-state index contributed by atoms with van der Waals surface area (Å²) in [5.41, 5.74) is -7.44. The Balaban J connectivity index is 0.748. The van der Waals surface area contributed by atoms with Crippen LogP contribution in [0.1, 0.15) is 192 Å². The maximum absolute atomic E-state index is 16.4. The molecule has 12 fully saturated rings. The molecule has 0 radical (unpaired) electrons.